The number of hydrogen-bond acceptors (Lipinski definition) is 5. The van der Waals surface area contributed by atoms with E-state index in [4.69, 9.17) is 19.3 Å². The number of nitrogens with zero attached hydrogens (tertiary/aromatic N) is 1. The Morgan fingerprint density at radius 1 is 1.09 bits per heavy atom. The van der Waals surface area contributed by atoms with Gasteiger partial charge in [0.2, 0.25) is 0 Å². The van der Waals surface area contributed by atoms with Crippen LogP contribution in [0, 0.1) is 19.8 Å². The lowest BCUT2D eigenvalue weighted by Gasteiger charge is -2.16. The summed E-state index contributed by atoms with van der Waals surface area (Å²) in [5.41, 5.74) is 6.58. The number of carbonyl (C=O) groups is 1. The molecule has 182 valence electrons. The van der Waals surface area contributed by atoms with Crippen molar-refractivity contribution in [3.63, 3.8) is 0 Å². The maximum Gasteiger partial charge on any atom is 0.307 e. The van der Waals surface area contributed by atoms with E-state index < -0.39 is 5.97 Å². The van der Waals surface area contributed by atoms with Crippen LogP contribution in [0.1, 0.15) is 47.6 Å². The molecule has 3 aromatic rings. The molecule has 1 saturated heterocycles. The standard InChI is InChI=1S/C29H31NO5/c1-18-11-24(35-17-23-7-4-10-33-23)12-19(2)28(18)21-6-3-5-20(13-21)16-34-22-8-9-27(30-15-22)25-14-26(25)29(31)32/h3,5-6,8-9,11-13,15,23,25-26H,4,7,10,14,16-17H2,1-2H3,(H,31,32)/t23?,25-,26-/m0/s1. The Morgan fingerprint density at radius 3 is 2.57 bits per heavy atom. The number of carboxylic acids is 1. The molecule has 0 radical (unpaired) electrons. The topological polar surface area (TPSA) is 77.9 Å². The zero-order valence-corrected chi connectivity index (χ0v) is 20.2. The average Bonchev–Trinajstić information content (AvgIpc) is 3.49. The number of rotatable bonds is 9. The average molecular weight is 474 g/mol. The van der Waals surface area contributed by atoms with Crippen molar-refractivity contribution in [3.8, 4) is 22.6 Å². The van der Waals surface area contributed by atoms with E-state index in [0.717, 1.165) is 42.0 Å². The molecule has 35 heavy (non-hydrogen) atoms. The highest BCUT2D eigenvalue weighted by atomic mass is 16.5. The van der Waals surface area contributed by atoms with Gasteiger partial charge in [0.05, 0.1) is 18.2 Å². The Hall–Kier alpha value is -3.38. The highest BCUT2D eigenvalue weighted by Crippen LogP contribution is 2.46. The summed E-state index contributed by atoms with van der Waals surface area (Å²) in [6.07, 6.45) is 4.72. The van der Waals surface area contributed by atoms with Gasteiger partial charge in [0.1, 0.15) is 24.7 Å². The van der Waals surface area contributed by atoms with Crippen LogP contribution in [0.5, 0.6) is 11.5 Å². The molecule has 6 heteroatoms. The third-order valence-electron chi connectivity index (χ3n) is 6.83. The van der Waals surface area contributed by atoms with Gasteiger partial charge in [-0.05, 0) is 91.3 Å². The van der Waals surface area contributed by atoms with E-state index in [0.29, 0.717) is 25.4 Å². The first-order chi connectivity index (χ1) is 17.0. The number of aryl methyl sites for hydroxylation is 2. The van der Waals surface area contributed by atoms with Crippen molar-refractivity contribution in [2.24, 2.45) is 5.92 Å². The number of ether oxygens (including phenoxy) is 3. The van der Waals surface area contributed by atoms with Crippen molar-refractivity contribution in [2.45, 2.75) is 51.7 Å². The lowest BCUT2D eigenvalue weighted by atomic mass is 9.94. The molecule has 2 fully saturated rings. The maximum atomic E-state index is 11.1. The third-order valence-corrected chi connectivity index (χ3v) is 6.83. The van der Waals surface area contributed by atoms with E-state index in [1.165, 1.54) is 16.7 Å². The predicted molar refractivity (Wildman–Crippen MR) is 133 cm³/mol. The molecular formula is C29H31NO5. The second-order valence-corrected chi connectivity index (χ2v) is 9.57. The van der Waals surface area contributed by atoms with Gasteiger partial charge in [0, 0.05) is 18.2 Å². The van der Waals surface area contributed by atoms with Gasteiger partial charge in [0.15, 0.2) is 0 Å². The monoisotopic (exact) mass is 473 g/mol. The van der Waals surface area contributed by atoms with Crippen LogP contribution in [0.25, 0.3) is 11.1 Å². The third kappa shape index (κ3) is 5.49. The van der Waals surface area contributed by atoms with Crippen LogP contribution in [-0.2, 0) is 16.1 Å². The molecule has 2 aromatic carbocycles. The Morgan fingerprint density at radius 2 is 1.91 bits per heavy atom. The normalized spacial score (nSPS) is 21.0. The number of carboxylic acid groups (broad SMARTS) is 1. The van der Waals surface area contributed by atoms with Gasteiger partial charge >= 0.3 is 5.97 Å². The van der Waals surface area contributed by atoms with E-state index in [1.54, 1.807) is 6.20 Å². The van der Waals surface area contributed by atoms with Gasteiger partial charge in [-0.15, -0.1) is 0 Å². The van der Waals surface area contributed by atoms with Crippen molar-refractivity contribution in [2.75, 3.05) is 13.2 Å². The second-order valence-electron chi connectivity index (χ2n) is 9.57. The summed E-state index contributed by atoms with van der Waals surface area (Å²) < 4.78 is 17.6. The molecule has 1 aliphatic heterocycles. The number of aliphatic carboxylic acids is 1. The zero-order chi connectivity index (χ0) is 24.4. The lowest BCUT2D eigenvalue weighted by Crippen LogP contribution is -2.16. The molecule has 1 N–H and O–H groups in total. The molecule has 6 nitrogen and oxygen atoms in total. The van der Waals surface area contributed by atoms with Crippen molar-refractivity contribution in [3.05, 3.63) is 77.1 Å². The highest BCUT2D eigenvalue weighted by molar-refractivity contribution is 5.75. The molecule has 5 rings (SSSR count). The van der Waals surface area contributed by atoms with Crippen molar-refractivity contribution >= 4 is 5.97 Å². The minimum atomic E-state index is -0.747. The van der Waals surface area contributed by atoms with Crippen LogP contribution in [0.15, 0.2) is 54.7 Å². The van der Waals surface area contributed by atoms with Crippen LogP contribution in [-0.4, -0.2) is 35.4 Å². The molecular weight excluding hydrogens is 442 g/mol. The zero-order valence-electron chi connectivity index (χ0n) is 20.2. The van der Waals surface area contributed by atoms with E-state index in [1.807, 2.05) is 12.1 Å². The summed E-state index contributed by atoms with van der Waals surface area (Å²) in [7, 11) is 0. The minimum absolute atomic E-state index is 0.0255. The summed E-state index contributed by atoms with van der Waals surface area (Å²) in [5.74, 6) is 0.536. The fourth-order valence-electron chi connectivity index (χ4n) is 4.90. The molecule has 0 amide bonds. The first-order valence-electron chi connectivity index (χ1n) is 12.2. The largest absolute Gasteiger partial charge is 0.491 e. The highest BCUT2D eigenvalue weighted by Gasteiger charge is 2.45. The molecule has 1 aliphatic carbocycles. The van der Waals surface area contributed by atoms with Crippen LogP contribution in [0.3, 0.4) is 0 Å². The Labute approximate surface area is 205 Å². The predicted octanol–water partition coefficient (Wildman–Crippen LogP) is 5.69. The smallest absolute Gasteiger partial charge is 0.307 e. The van der Waals surface area contributed by atoms with Crippen LogP contribution >= 0.6 is 0 Å². The van der Waals surface area contributed by atoms with Gasteiger partial charge in [-0.1, -0.05) is 18.2 Å². The Balaban J connectivity index is 1.23. The maximum absolute atomic E-state index is 11.1. The number of benzene rings is 2. The molecule has 0 bridgehead atoms. The summed E-state index contributed by atoms with van der Waals surface area (Å²) in [6.45, 7) is 6.10. The van der Waals surface area contributed by atoms with Crippen molar-refractivity contribution < 1.29 is 24.1 Å². The van der Waals surface area contributed by atoms with Gasteiger partial charge in [-0.3, -0.25) is 9.78 Å². The quantitative estimate of drug-likeness (QED) is 0.430. The molecule has 1 unspecified atom stereocenters. The number of pyridine rings is 1. The molecule has 1 aromatic heterocycles. The van der Waals surface area contributed by atoms with Crippen molar-refractivity contribution in [1.82, 2.24) is 4.98 Å². The summed E-state index contributed by atoms with van der Waals surface area (Å²) >= 11 is 0. The van der Waals surface area contributed by atoms with E-state index >= 15 is 0 Å². The van der Waals surface area contributed by atoms with E-state index in [-0.39, 0.29) is 17.9 Å². The molecule has 2 aliphatic rings. The summed E-state index contributed by atoms with van der Waals surface area (Å²) in [6, 6.07) is 16.3. The van der Waals surface area contributed by atoms with Gasteiger partial charge < -0.3 is 19.3 Å². The molecule has 0 spiro atoms. The molecule has 1 saturated carbocycles. The first-order valence-corrected chi connectivity index (χ1v) is 12.2. The fraction of sp³-hybridized carbons (Fsp3) is 0.379. The molecule has 2 heterocycles. The lowest BCUT2D eigenvalue weighted by molar-refractivity contribution is -0.138. The van der Waals surface area contributed by atoms with Crippen molar-refractivity contribution in [1.29, 1.82) is 0 Å². The van der Waals surface area contributed by atoms with Crippen LogP contribution < -0.4 is 9.47 Å². The van der Waals surface area contributed by atoms with Gasteiger partial charge in [-0.2, -0.15) is 0 Å². The Bertz CT molecular complexity index is 1180. The summed E-state index contributed by atoms with van der Waals surface area (Å²) in [4.78, 5) is 15.5. The Kier molecular flexibility index (Phi) is 6.73. The minimum Gasteiger partial charge on any atom is -0.491 e. The summed E-state index contributed by atoms with van der Waals surface area (Å²) in [5, 5.41) is 9.10. The van der Waals surface area contributed by atoms with Crippen LogP contribution in [0.2, 0.25) is 0 Å². The van der Waals surface area contributed by atoms with Crippen LogP contribution in [0.4, 0.5) is 0 Å². The first kappa shape index (κ1) is 23.4. The second kappa shape index (κ2) is 10.1. The molecule has 3 atom stereocenters. The van der Waals surface area contributed by atoms with E-state index in [9.17, 15) is 4.79 Å². The van der Waals surface area contributed by atoms with Gasteiger partial charge in [-0.25, -0.2) is 0 Å². The van der Waals surface area contributed by atoms with E-state index in [2.05, 4.69) is 55.2 Å². The van der Waals surface area contributed by atoms with Gasteiger partial charge in [0.25, 0.3) is 0 Å². The fourth-order valence-corrected chi connectivity index (χ4v) is 4.90. The SMILES string of the molecule is Cc1cc(OCC2CCCO2)cc(C)c1-c1cccc(COc2ccc([C@H]3C[C@@H]3C(=O)O)nc2)c1. The number of aromatic nitrogens is 1. The number of hydrogen-bond donors (Lipinski definition) is 1.